The van der Waals surface area contributed by atoms with E-state index in [0.717, 1.165) is 27.6 Å². The number of anilines is 4. The maximum atomic E-state index is 11.0. The van der Waals surface area contributed by atoms with Gasteiger partial charge in [0.15, 0.2) is 34.9 Å². The van der Waals surface area contributed by atoms with E-state index in [2.05, 4.69) is 57.0 Å². The van der Waals surface area contributed by atoms with E-state index in [0.29, 0.717) is 66.6 Å². The molecule has 2 aliphatic carbocycles. The minimum absolute atomic E-state index is 0. The maximum absolute atomic E-state index is 11.0. The topological polar surface area (TPSA) is 224 Å². The third kappa shape index (κ3) is 9.10. The van der Waals surface area contributed by atoms with Crippen molar-refractivity contribution in [2.45, 2.75) is 37.5 Å². The Morgan fingerprint density at radius 3 is 1.76 bits per heavy atom. The molecule has 0 aliphatic heterocycles. The van der Waals surface area contributed by atoms with E-state index < -0.39 is 5.97 Å². The molecule has 19 heteroatoms. The Morgan fingerprint density at radius 1 is 0.837 bits per heavy atom. The molecule has 0 radical (unpaired) electrons. The molecule has 8 rings (SSSR count). The molecule has 49 heavy (non-hydrogen) atoms. The van der Waals surface area contributed by atoms with Crippen molar-refractivity contribution in [3.05, 3.63) is 80.0 Å². The Hall–Kier alpha value is -3.28. The molecular formula is C30H24Cl2KN11O3S2. The maximum Gasteiger partial charge on any atom is 1.00 e. The minimum Gasteiger partial charge on any atom is -0.870 e. The van der Waals surface area contributed by atoms with Crippen molar-refractivity contribution in [1.82, 2.24) is 40.3 Å². The Balaban J connectivity index is 0.000000184. The van der Waals surface area contributed by atoms with Crippen LogP contribution in [0.4, 0.5) is 23.3 Å². The quantitative estimate of drug-likeness (QED) is 0.125. The van der Waals surface area contributed by atoms with Gasteiger partial charge in [0.1, 0.15) is 25.9 Å². The summed E-state index contributed by atoms with van der Waals surface area (Å²) in [6.07, 6.45) is 7.82. The van der Waals surface area contributed by atoms with E-state index in [1.807, 2.05) is 18.2 Å². The number of aromatic nitrogens is 8. The molecule has 6 aromatic heterocycles. The normalized spacial score (nSPS) is 13.2. The summed E-state index contributed by atoms with van der Waals surface area (Å²) in [4.78, 5) is 30.6. The first-order chi connectivity index (χ1) is 22.8. The second kappa shape index (κ2) is 16.2. The van der Waals surface area contributed by atoms with Gasteiger partial charge >= 0.3 is 57.4 Å². The molecule has 0 atom stereocenters. The molecule has 14 nitrogen and oxygen atoms in total. The van der Waals surface area contributed by atoms with Crippen molar-refractivity contribution in [3.8, 4) is 27.5 Å². The van der Waals surface area contributed by atoms with E-state index in [9.17, 15) is 4.79 Å². The zero-order valence-corrected chi connectivity index (χ0v) is 31.9. The molecule has 6 N–H and O–H groups in total. The summed E-state index contributed by atoms with van der Waals surface area (Å²) in [5, 5.41) is 39.4. The number of H-pyrrole nitrogens is 2. The van der Waals surface area contributed by atoms with Crippen LogP contribution in [-0.4, -0.2) is 56.9 Å². The van der Waals surface area contributed by atoms with Crippen molar-refractivity contribution >= 4 is 75.1 Å². The Kier molecular flexibility index (Phi) is 12.2. The molecule has 0 unspecified atom stereocenters. The van der Waals surface area contributed by atoms with E-state index in [1.54, 1.807) is 18.3 Å². The van der Waals surface area contributed by atoms with Gasteiger partial charge in [0.05, 0.1) is 22.1 Å². The molecular weight excluding hydrogens is 737 g/mol. The molecule has 0 aromatic carbocycles. The number of aromatic carboxylic acids is 1. The zero-order chi connectivity index (χ0) is 32.5. The van der Waals surface area contributed by atoms with Crippen molar-refractivity contribution in [2.75, 3.05) is 10.6 Å². The number of hydrogen-bond donors (Lipinski definition) is 5. The monoisotopic (exact) mass is 759 g/mol. The van der Waals surface area contributed by atoms with Gasteiger partial charge in [-0.15, -0.1) is 22.7 Å². The van der Waals surface area contributed by atoms with Crippen LogP contribution in [0.3, 0.4) is 0 Å². The first-order valence-corrected chi connectivity index (χ1v) is 16.8. The van der Waals surface area contributed by atoms with Crippen LogP contribution < -0.4 is 62.0 Å². The molecule has 2 saturated carbocycles. The van der Waals surface area contributed by atoms with Crippen LogP contribution in [0, 0.1) is 11.3 Å². The Morgan fingerprint density at radius 2 is 1.33 bits per heavy atom. The summed E-state index contributed by atoms with van der Waals surface area (Å²) >= 11 is 14.8. The SMILES string of the molecule is N#Cc1ccc(-c2ncc(Cl)c(Nc3cc(C4CC4)[nH]n3)n2)s1.O=C(O)c1ccc(-c2ncc(Cl)c(Nc3cc(C4CC4)[nH]n3)n2)s1.[K+].[OH-]. The van der Waals surface area contributed by atoms with E-state index in [4.69, 9.17) is 33.6 Å². The van der Waals surface area contributed by atoms with Crippen molar-refractivity contribution in [1.29, 1.82) is 5.26 Å². The summed E-state index contributed by atoms with van der Waals surface area (Å²) in [6, 6.07) is 12.8. The van der Waals surface area contributed by atoms with E-state index in [1.165, 1.54) is 49.3 Å². The van der Waals surface area contributed by atoms with Gasteiger partial charge in [0.2, 0.25) is 0 Å². The number of thiophene rings is 2. The average molecular weight is 761 g/mol. The second-order valence-electron chi connectivity index (χ2n) is 10.7. The number of hydrogen-bond acceptors (Lipinski definition) is 13. The fourth-order valence-corrected chi connectivity index (χ4v) is 6.30. The molecule has 2 aliphatic rings. The number of carboxylic acid groups (broad SMARTS) is 1. The third-order valence-electron chi connectivity index (χ3n) is 7.18. The largest absolute Gasteiger partial charge is 1.00 e. The molecule has 0 spiro atoms. The summed E-state index contributed by atoms with van der Waals surface area (Å²) in [7, 11) is 0. The fourth-order valence-electron chi connectivity index (χ4n) is 4.49. The number of carbonyl (C=O) groups is 1. The van der Waals surface area contributed by atoms with E-state index >= 15 is 0 Å². The fraction of sp³-hybridized carbons (Fsp3) is 0.200. The van der Waals surface area contributed by atoms with Gasteiger partial charge in [0, 0.05) is 35.4 Å². The number of carboxylic acids is 1. The number of nitrogens with one attached hydrogen (secondary N) is 4. The molecule has 6 aromatic rings. The van der Waals surface area contributed by atoms with Crippen LogP contribution in [0.5, 0.6) is 0 Å². The molecule has 0 saturated heterocycles. The van der Waals surface area contributed by atoms with Crippen LogP contribution in [0.15, 0.2) is 48.8 Å². The zero-order valence-electron chi connectivity index (χ0n) is 25.6. The van der Waals surface area contributed by atoms with Crippen LogP contribution >= 0.6 is 45.9 Å². The van der Waals surface area contributed by atoms with Gasteiger partial charge in [-0.05, 0) is 49.9 Å². The molecule has 2 fully saturated rings. The second-order valence-corrected chi connectivity index (χ2v) is 13.7. The van der Waals surface area contributed by atoms with Gasteiger partial charge in [-0.25, -0.2) is 24.7 Å². The molecule has 0 amide bonds. The molecule has 244 valence electrons. The first-order valence-electron chi connectivity index (χ1n) is 14.4. The van der Waals surface area contributed by atoms with Gasteiger partial charge in [-0.1, -0.05) is 23.2 Å². The average Bonchev–Trinajstić information content (AvgIpc) is 3.83. The van der Waals surface area contributed by atoms with Crippen molar-refractivity contribution in [2.24, 2.45) is 0 Å². The Labute approximate surface area is 339 Å². The third-order valence-corrected chi connectivity index (χ3v) is 9.79. The number of nitriles is 1. The number of rotatable bonds is 9. The number of nitrogens with zero attached hydrogens (tertiary/aromatic N) is 7. The van der Waals surface area contributed by atoms with E-state index in [-0.39, 0.29) is 61.7 Å². The van der Waals surface area contributed by atoms with Crippen LogP contribution in [-0.2, 0) is 0 Å². The van der Waals surface area contributed by atoms with Gasteiger partial charge in [0.25, 0.3) is 0 Å². The Bertz CT molecular complexity index is 2140. The van der Waals surface area contributed by atoms with Crippen LogP contribution in [0.1, 0.15) is 63.5 Å². The van der Waals surface area contributed by atoms with Crippen LogP contribution in [0.25, 0.3) is 21.4 Å². The number of halogens is 2. The predicted molar refractivity (Wildman–Crippen MR) is 182 cm³/mol. The summed E-state index contributed by atoms with van der Waals surface area (Å²) in [5.74, 6) is 3.40. The summed E-state index contributed by atoms with van der Waals surface area (Å²) < 4.78 is 0. The minimum atomic E-state index is -0.970. The van der Waals surface area contributed by atoms with Gasteiger partial charge in [-0.3, -0.25) is 10.2 Å². The van der Waals surface area contributed by atoms with Crippen LogP contribution in [0.2, 0.25) is 10.0 Å². The first kappa shape index (κ1) is 37.0. The predicted octanol–water partition coefficient (Wildman–Crippen LogP) is 4.80. The molecule has 0 bridgehead atoms. The molecule has 6 heterocycles. The summed E-state index contributed by atoms with van der Waals surface area (Å²) in [5.41, 5.74) is 2.24. The standard InChI is InChI=1S/C15H11ClN6S.C15H12ClN5O2S.K.H2O/c16-10-7-18-15(12-4-3-9(6-17)23-12)20-14(10)19-13-5-11(21-22-13)8-1-2-8;16-8-6-17-14(10-3-4-11(24-10)15(22)23)19-13(8)18-12-5-9(20-21-12)7-1-2-7;;/h3-5,7-8H,1-2H2,(H2,18,19,20,21,22);3-7H,1-2H2,(H,22,23)(H2,17,18,19,20,21);;1H2/q;;+1;/p-1. The smallest absolute Gasteiger partial charge is 0.870 e. The van der Waals surface area contributed by atoms with Gasteiger partial charge in [-0.2, -0.15) is 15.5 Å². The van der Waals surface area contributed by atoms with Gasteiger partial charge < -0.3 is 21.2 Å². The van der Waals surface area contributed by atoms with Crippen molar-refractivity contribution < 1.29 is 66.8 Å². The summed E-state index contributed by atoms with van der Waals surface area (Å²) in [6.45, 7) is 0. The van der Waals surface area contributed by atoms with Crippen molar-refractivity contribution in [3.63, 3.8) is 0 Å². The number of aromatic amines is 2.